The first-order valence-electron chi connectivity index (χ1n) is 8.49. The van der Waals surface area contributed by atoms with Crippen molar-refractivity contribution in [2.24, 2.45) is 0 Å². The fourth-order valence-electron chi connectivity index (χ4n) is 2.67. The van der Waals surface area contributed by atoms with E-state index in [9.17, 15) is 13.2 Å². The van der Waals surface area contributed by atoms with Gasteiger partial charge in [-0.3, -0.25) is 9.52 Å². The second kappa shape index (κ2) is 7.94. The molecule has 0 radical (unpaired) electrons. The van der Waals surface area contributed by atoms with Gasteiger partial charge in [0.05, 0.1) is 10.7 Å². The van der Waals surface area contributed by atoms with E-state index in [0.717, 1.165) is 11.3 Å². The third kappa shape index (κ3) is 4.31. The van der Waals surface area contributed by atoms with Gasteiger partial charge in [0.25, 0.3) is 15.9 Å². The van der Waals surface area contributed by atoms with Crippen LogP contribution in [0.5, 0.6) is 11.5 Å². The molecule has 0 saturated heterocycles. The van der Waals surface area contributed by atoms with E-state index in [4.69, 9.17) is 21.1 Å². The topological polar surface area (TPSA) is 93.7 Å². The van der Waals surface area contributed by atoms with Crippen LogP contribution in [0, 0.1) is 0 Å². The van der Waals surface area contributed by atoms with Crippen LogP contribution in [0.25, 0.3) is 0 Å². The van der Waals surface area contributed by atoms with Crippen molar-refractivity contribution in [1.82, 2.24) is 0 Å². The highest BCUT2D eigenvalue weighted by atomic mass is 35.5. The molecule has 0 spiro atoms. The molecule has 3 aromatic rings. The number of hydrogen-bond acceptors (Lipinski definition) is 6. The Labute approximate surface area is 176 Å². The third-order valence-electron chi connectivity index (χ3n) is 4.04. The van der Waals surface area contributed by atoms with Gasteiger partial charge in [-0.1, -0.05) is 17.7 Å². The highest BCUT2D eigenvalue weighted by molar-refractivity contribution is 7.94. The molecule has 0 atom stereocenters. The third-order valence-corrected chi connectivity index (χ3v) is 7.13. The Morgan fingerprint density at radius 3 is 2.38 bits per heavy atom. The number of anilines is 2. The van der Waals surface area contributed by atoms with E-state index in [1.54, 1.807) is 23.6 Å². The fraction of sp³-hybridized carbons (Fsp3) is 0.105. The Hall–Kier alpha value is -2.75. The van der Waals surface area contributed by atoms with Crippen molar-refractivity contribution >= 4 is 50.2 Å². The number of sulfonamides is 1. The Balaban J connectivity index is 1.47. The number of thiophene rings is 1. The average molecular weight is 451 g/mol. The number of carbonyl (C=O) groups is 1. The maximum atomic E-state index is 12.5. The van der Waals surface area contributed by atoms with Gasteiger partial charge >= 0.3 is 0 Å². The number of amides is 1. The second-order valence-corrected chi connectivity index (χ2v) is 9.31. The molecule has 150 valence electrons. The molecule has 2 aromatic carbocycles. The molecule has 4 rings (SSSR count). The van der Waals surface area contributed by atoms with Crippen molar-refractivity contribution in [2.45, 2.75) is 4.21 Å². The molecule has 0 unspecified atom stereocenters. The summed E-state index contributed by atoms with van der Waals surface area (Å²) < 4.78 is 38.2. The summed E-state index contributed by atoms with van der Waals surface area (Å²) in [6.45, 7) is 0.864. The number of rotatable bonds is 5. The largest absolute Gasteiger partial charge is 0.486 e. The minimum atomic E-state index is -3.64. The zero-order valence-electron chi connectivity index (χ0n) is 14.8. The van der Waals surface area contributed by atoms with Gasteiger partial charge in [-0.15, -0.1) is 11.3 Å². The zero-order valence-corrected chi connectivity index (χ0v) is 17.2. The first kappa shape index (κ1) is 19.6. The summed E-state index contributed by atoms with van der Waals surface area (Å²) in [5.41, 5.74) is 1.09. The van der Waals surface area contributed by atoms with E-state index < -0.39 is 15.9 Å². The van der Waals surface area contributed by atoms with Crippen LogP contribution in [0.3, 0.4) is 0 Å². The van der Waals surface area contributed by atoms with Gasteiger partial charge in [-0.05, 0) is 35.7 Å². The summed E-state index contributed by atoms with van der Waals surface area (Å²) in [4.78, 5) is 12.5. The van der Waals surface area contributed by atoms with Crippen LogP contribution >= 0.6 is 22.9 Å². The van der Waals surface area contributed by atoms with Crippen molar-refractivity contribution in [2.75, 3.05) is 23.3 Å². The molecular formula is C19H15ClN2O5S2. The molecule has 2 heterocycles. The molecule has 1 amide bonds. The Bertz CT molecular complexity index is 1150. The lowest BCUT2D eigenvalue weighted by molar-refractivity contribution is 0.102. The maximum Gasteiger partial charge on any atom is 0.271 e. The minimum absolute atomic E-state index is 0.215. The van der Waals surface area contributed by atoms with Crippen molar-refractivity contribution in [3.05, 3.63) is 64.5 Å². The molecule has 0 aliphatic carbocycles. The molecule has 29 heavy (non-hydrogen) atoms. The van der Waals surface area contributed by atoms with Crippen LogP contribution in [0.1, 0.15) is 10.4 Å². The van der Waals surface area contributed by atoms with Gasteiger partial charge in [-0.2, -0.15) is 0 Å². The number of fused-ring (bicyclic) bond motifs is 1. The summed E-state index contributed by atoms with van der Waals surface area (Å²) in [7, 11) is -3.64. The van der Waals surface area contributed by atoms with Crippen molar-refractivity contribution in [3.8, 4) is 11.5 Å². The van der Waals surface area contributed by atoms with Crippen LogP contribution in [0.2, 0.25) is 5.02 Å². The number of halogens is 1. The summed E-state index contributed by atoms with van der Waals surface area (Å²) in [5, 5.41) is 4.73. The fourth-order valence-corrected chi connectivity index (χ4v) is 4.92. The molecular weight excluding hydrogens is 436 g/mol. The molecule has 1 aliphatic rings. The van der Waals surface area contributed by atoms with Gasteiger partial charge in [0.15, 0.2) is 11.5 Å². The summed E-state index contributed by atoms with van der Waals surface area (Å²) in [6.07, 6.45) is 0. The lowest BCUT2D eigenvalue weighted by atomic mass is 10.2. The summed E-state index contributed by atoms with van der Waals surface area (Å²) in [6, 6.07) is 12.5. The number of benzene rings is 2. The smallest absolute Gasteiger partial charge is 0.271 e. The molecule has 0 saturated carbocycles. The molecule has 0 bridgehead atoms. The molecule has 10 heteroatoms. The average Bonchev–Trinajstić information content (AvgIpc) is 3.25. The second-order valence-electron chi connectivity index (χ2n) is 6.04. The lowest BCUT2D eigenvalue weighted by Crippen LogP contribution is -2.17. The number of ether oxygens (including phenoxy) is 2. The van der Waals surface area contributed by atoms with E-state index in [1.165, 1.54) is 30.3 Å². The Morgan fingerprint density at radius 2 is 1.72 bits per heavy atom. The molecule has 0 fully saturated rings. The first-order valence-corrected chi connectivity index (χ1v) is 11.2. The van der Waals surface area contributed by atoms with E-state index in [-0.39, 0.29) is 4.21 Å². The van der Waals surface area contributed by atoms with Gasteiger partial charge in [0.2, 0.25) is 0 Å². The minimum Gasteiger partial charge on any atom is -0.486 e. The standard InChI is InChI=1S/C19H15ClN2O5S2/c20-14-10-16-17(27-8-7-26-16)11-15(14)21-19(23)12-3-5-13(6-4-12)22-29(24,25)18-2-1-9-28-18/h1-6,9-11,22H,7-8H2,(H,21,23). The first-order chi connectivity index (χ1) is 13.9. The SMILES string of the molecule is O=C(Nc1cc2c(cc1Cl)OCCO2)c1ccc(NS(=O)(=O)c2cccs2)cc1. The Kier molecular flexibility index (Phi) is 5.35. The number of carbonyl (C=O) groups excluding carboxylic acids is 1. The van der Waals surface area contributed by atoms with Gasteiger partial charge < -0.3 is 14.8 Å². The predicted molar refractivity (Wildman–Crippen MR) is 112 cm³/mol. The van der Waals surface area contributed by atoms with E-state index >= 15 is 0 Å². The zero-order chi connectivity index (χ0) is 20.4. The van der Waals surface area contributed by atoms with Crippen molar-refractivity contribution < 1.29 is 22.7 Å². The van der Waals surface area contributed by atoms with Crippen LogP contribution in [-0.4, -0.2) is 27.5 Å². The van der Waals surface area contributed by atoms with Crippen LogP contribution in [-0.2, 0) is 10.0 Å². The monoisotopic (exact) mass is 450 g/mol. The van der Waals surface area contributed by atoms with E-state index in [2.05, 4.69) is 10.0 Å². The summed E-state index contributed by atoms with van der Waals surface area (Å²) in [5.74, 6) is 0.646. The maximum absolute atomic E-state index is 12.5. The highest BCUT2D eigenvalue weighted by Crippen LogP contribution is 2.38. The molecule has 1 aliphatic heterocycles. The van der Waals surface area contributed by atoms with Gasteiger partial charge in [0.1, 0.15) is 17.4 Å². The van der Waals surface area contributed by atoms with Crippen LogP contribution in [0.15, 0.2) is 58.1 Å². The van der Waals surface area contributed by atoms with Gasteiger partial charge in [0, 0.05) is 23.4 Å². The lowest BCUT2D eigenvalue weighted by Gasteiger charge is -2.20. The number of nitrogens with one attached hydrogen (secondary N) is 2. The van der Waals surface area contributed by atoms with Gasteiger partial charge in [-0.25, -0.2) is 8.42 Å². The molecule has 2 N–H and O–H groups in total. The van der Waals surface area contributed by atoms with E-state index in [1.807, 2.05) is 0 Å². The molecule has 1 aromatic heterocycles. The van der Waals surface area contributed by atoms with Crippen molar-refractivity contribution in [3.63, 3.8) is 0 Å². The quantitative estimate of drug-likeness (QED) is 0.606. The number of hydrogen-bond donors (Lipinski definition) is 2. The highest BCUT2D eigenvalue weighted by Gasteiger charge is 2.18. The Morgan fingerprint density at radius 1 is 1.03 bits per heavy atom. The predicted octanol–water partition coefficient (Wildman–Crippen LogP) is 4.23. The molecule has 7 nitrogen and oxygen atoms in total. The summed E-state index contributed by atoms with van der Waals surface area (Å²) >= 11 is 7.34. The van der Waals surface area contributed by atoms with E-state index in [0.29, 0.717) is 46.7 Å². The van der Waals surface area contributed by atoms with Crippen LogP contribution < -0.4 is 19.5 Å². The van der Waals surface area contributed by atoms with Crippen molar-refractivity contribution in [1.29, 1.82) is 0 Å². The normalized spacial score (nSPS) is 13.0. The van der Waals surface area contributed by atoms with Crippen LogP contribution in [0.4, 0.5) is 11.4 Å².